The van der Waals surface area contributed by atoms with Gasteiger partial charge in [0.2, 0.25) is 0 Å². The van der Waals surface area contributed by atoms with Crippen molar-refractivity contribution >= 4 is 48.1 Å². The standard InChI is InChI=1S/B4H2O7.Li.5H2O.H/c5-1-7-3-9-2(6)10-4(8-1)11-3;;;;;;;/h5-6H;;5*1H2;. The summed E-state index contributed by atoms with van der Waals surface area (Å²) in [5.74, 6) is 0. The van der Waals surface area contributed by atoms with Gasteiger partial charge in [-0.3, -0.25) is 0 Å². The molecule has 98 valence electrons. The van der Waals surface area contributed by atoms with Gasteiger partial charge in [-0.15, -0.1) is 0 Å². The van der Waals surface area contributed by atoms with Gasteiger partial charge in [0.05, 0.1) is 0 Å². The zero-order chi connectivity index (χ0) is 7.84. The van der Waals surface area contributed by atoms with Crippen molar-refractivity contribution in [2.45, 2.75) is 0 Å². The second-order valence-electron chi connectivity index (χ2n) is 1.87. The first-order valence-corrected chi connectivity index (χ1v) is 2.87. The Morgan fingerprint density at radius 2 is 0.765 bits per heavy atom. The molecule has 0 aromatic rings. The van der Waals surface area contributed by atoms with Gasteiger partial charge in [0.25, 0.3) is 0 Å². The van der Waals surface area contributed by atoms with Gasteiger partial charge in [-0.2, -0.15) is 0 Å². The molecule has 0 saturated carbocycles. The van der Waals surface area contributed by atoms with E-state index in [4.69, 9.17) is 10.0 Å². The van der Waals surface area contributed by atoms with Crippen molar-refractivity contribution < 1.29 is 60.3 Å². The number of rotatable bonds is 0. The first-order valence-electron chi connectivity index (χ1n) is 2.87. The van der Waals surface area contributed by atoms with E-state index < -0.39 is 29.3 Å². The number of hydrogen-bond acceptors (Lipinski definition) is 7. The van der Waals surface area contributed by atoms with Gasteiger partial charge < -0.3 is 60.3 Å². The Morgan fingerprint density at radius 3 is 1.00 bits per heavy atom. The van der Waals surface area contributed by atoms with Gasteiger partial charge in [-0.05, 0) is 0 Å². The molecule has 12 N–H and O–H groups in total. The summed E-state index contributed by atoms with van der Waals surface area (Å²) in [4.78, 5) is 0. The van der Waals surface area contributed by atoms with E-state index in [-0.39, 0.29) is 46.2 Å². The second kappa shape index (κ2) is 12.8. The summed E-state index contributed by atoms with van der Waals surface area (Å²) in [7, 11) is -5.20. The molecule has 0 aromatic heterocycles. The fourth-order valence-electron chi connectivity index (χ4n) is 0.728. The molecule has 0 unspecified atom stereocenters. The summed E-state index contributed by atoms with van der Waals surface area (Å²) in [5.41, 5.74) is 0. The SMILES string of the molecule is O.O.O.O.O.OB1OB2OB(O)OB(O1)O2.[LiH]. The van der Waals surface area contributed by atoms with Crippen LogP contribution in [0.3, 0.4) is 0 Å². The Hall–Kier alpha value is 0.377. The van der Waals surface area contributed by atoms with Crippen molar-refractivity contribution in [2.24, 2.45) is 0 Å². The fourth-order valence-corrected chi connectivity index (χ4v) is 0.728. The Morgan fingerprint density at radius 1 is 0.529 bits per heavy atom. The summed E-state index contributed by atoms with van der Waals surface area (Å²) >= 11 is 0. The Labute approximate surface area is 109 Å². The molecule has 17 heteroatoms. The summed E-state index contributed by atoms with van der Waals surface area (Å²) in [6.07, 6.45) is 0. The van der Waals surface area contributed by atoms with Crippen LogP contribution in [-0.2, 0) is 22.9 Å². The maximum absolute atomic E-state index is 8.74. The first kappa shape index (κ1) is 30.4. The van der Waals surface area contributed by atoms with Crippen LogP contribution in [0.5, 0.6) is 0 Å². The van der Waals surface area contributed by atoms with Gasteiger partial charge in [-0.25, -0.2) is 0 Å². The third-order valence-corrected chi connectivity index (χ3v) is 1.13. The van der Waals surface area contributed by atoms with E-state index in [1.54, 1.807) is 0 Å². The van der Waals surface area contributed by atoms with Gasteiger partial charge in [0, 0.05) is 0 Å². The predicted octanol–water partition coefficient (Wildman–Crippen LogP) is -7.75. The molecule has 2 saturated heterocycles. The average molecular weight is 255 g/mol. The number of hydrogen-bond donors (Lipinski definition) is 2. The molecule has 12 nitrogen and oxygen atoms in total. The van der Waals surface area contributed by atoms with E-state index in [0.29, 0.717) is 0 Å². The molecule has 0 aromatic carbocycles. The van der Waals surface area contributed by atoms with E-state index in [0.717, 1.165) is 0 Å². The van der Waals surface area contributed by atoms with Gasteiger partial charge in [-0.1, -0.05) is 0 Å². The van der Waals surface area contributed by atoms with Crippen LogP contribution in [0.15, 0.2) is 0 Å². The molecule has 2 bridgehead atoms. The third-order valence-electron chi connectivity index (χ3n) is 1.13. The topological polar surface area (TPSA) is 244 Å². The Kier molecular flexibility index (Phi) is 23.0. The number of fused-ring (bicyclic) bond motifs is 2. The van der Waals surface area contributed by atoms with Gasteiger partial charge >= 0.3 is 48.1 Å². The molecule has 0 aliphatic carbocycles. The molecule has 0 radical (unpaired) electrons. The molecule has 2 aliphatic rings. The maximum atomic E-state index is 8.74. The van der Waals surface area contributed by atoms with Crippen LogP contribution >= 0.6 is 0 Å². The van der Waals surface area contributed by atoms with Crippen molar-refractivity contribution in [3.63, 3.8) is 0 Å². The third kappa shape index (κ3) is 8.15. The van der Waals surface area contributed by atoms with Crippen molar-refractivity contribution in [3.8, 4) is 0 Å². The fraction of sp³-hybridized carbons (Fsp3) is 0. The quantitative estimate of drug-likeness (QED) is 0.395. The zero-order valence-electron chi connectivity index (χ0n) is 7.75. The van der Waals surface area contributed by atoms with E-state index in [1.807, 2.05) is 0 Å². The minimum atomic E-state index is -1.45. The van der Waals surface area contributed by atoms with E-state index in [1.165, 1.54) is 0 Å². The van der Waals surface area contributed by atoms with E-state index >= 15 is 0 Å². The van der Waals surface area contributed by atoms with E-state index in [2.05, 4.69) is 22.9 Å². The summed E-state index contributed by atoms with van der Waals surface area (Å²) in [6.45, 7) is 0. The average Bonchev–Trinajstić information content (AvgIpc) is 1.82. The molecule has 2 fully saturated rings. The molecule has 0 atom stereocenters. The summed E-state index contributed by atoms with van der Waals surface area (Å²) < 4.78 is 22.6. The van der Waals surface area contributed by atoms with Crippen LogP contribution in [0.1, 0.15) is 0 Å². The van der Waals surface area contributed by atoms with Crippen molar-refractivity contribution in [3.05, 3.63) is 0 Å². The zero-order valence-corrected chi connectivity index (χ0v) is 7.75. The Bertz CT molecular complexity index is 124. The monoisotopic (exact) mass is 256 g/mol. The predicted molar refractivity (Wildman–Crippen MR) is 58.1 cm³/mol. The summed E-state index contributed by atoms with van der Waals surface area (Å²) in [5, 5.41) is 17.5. The molecule has 17 heavy (non-hydrogen) atoms. The molecule has 2 aliphatic heterocycles. The summed E-state index contributed by atoms with van der Waals surface area (Å²) in [6, 6.07) is 0. The molecule has 0 amide bonds. The molecular weight excluding hydrogens is 242 g/mol. The van der Waals surface area contributed by atoms with Crippen LogP contribution in [0.2, 0.25) is 0 Å². The van der Waals surface area contributed by atoms with Crippen LogP contribution in [0.4, 0.5) is 0 Å². The van der Waals surface area contributed by atoms with Crippen molar-refractivity contribution in [1.82, 2.24) is 0 Å². The Balaban J connectivity index is -0.0000000800. The van der Waals surface area contributed by atoms with Crippen molar-refractivity contribution in [2.75, 3.05) is 0 Å². The van der Waals surface area contributed by atoms with Crippen LogP contribution in [0.25, 0.3) is 0 Å². The van der Waals surface area contributed by atoms with Crippen LogP contribution in [-0.4, -0.2) is 85.6 Å². The van der Waals surface area contributed by atoms with Gasteiger partial charge in [0.15, 0.2) is 0 Å². The second-order valence-corrected chi connectivity index (χ2v) is 1.87. The molecule has 2 heterocycles. The molecule has 0 spiro atoms. The molecule has 2 rings (SSSR count). The minimum absolute atomic E-state index is 0. The normalized spacial score (nSPS) is 15.9. The van der Waals surface area contributed by atoms with Gasteiger partial charge in [0.1, 0.15) is 0 Å². The van der Waals surface area contributed by atoms with Crippen molar-refractivity contribution in [1.29, 1.82) is 0 Å². The van der Waals surface area contributed by atoms with E-state index in [9.17, 15) is 0 Å². The first-order chi connectivity index (χ1) is 5.24. The van der Waals surface area contributed by atoms with Crippen LogP contribution < -0.4 is 0 Å². The molecular formula is H13B4LiO12. The van der Waals surface area contributed by atoms with Crippen LogP contribution in [0, 0.1) is 0 Å².